The summed E-state index contributed by atoms with van der Waals surface area (Å²) in [6.07, 6.45) is 7.79. The Kier molecular flexibility index (Phi) is 6.18. The second kappa shape index (κ2) is 8.77. The number of carbonyl (C=O) groups is 3. The van der Waals surface area contributed by atoms with Gasteiger partial charge in [-0.3, -0.25) is 29.8 Å². The van der Waals surface area contributed by atoms with Crippen LogP contribution in [0.3, 0.4) is 0 Å². The normalized spacial score (nSPS) is 19.6. The van der Waals surface area contributed by atoms with E-state index in [1.165, 1.54) is 50.3 Å². The first-order chi connectivity index (χ1) is 13.4. The molecule has 1 aromatic rings. The van der Waals surface area contributed by atoms with Gasteiger partial charge in [-0.25, -0.2) is 0 Å². The number of imide groups is 1. The van der Waals surface area contributed by atoms with E-state index in [1.807, 2.05) is 0 Å². The van der Waals surface area contributed by atoms with Crippen molar-refractivity contribution in [1.82, 2.24) is 5.32 Å². The van der Waals surface area contributed by atoms with E-state index >= 15 is 0 Å². The van der Waals surface area contributed by atoms with Crippen molar-refractivity contribution in [1.29, 1.82) is 0 Å². The van der Waals surface area contributed by atoms with Gasteiger partial charge in [-0.15, -0.1) is 0 Å². The number of nitrogens with zero attached hydrogens (tertiary/aromatic N) is 1. The number of Topliss-reactive ketones (excluding diaryl/α,β-unsaturated/α-hetero) is 1. The second-order valence-corrected chi connectivity index (χ2v) is 7.16. The van der Waals surface area contributed by atoms with E-state index < -0.39 is 28.9 Å². The van der Waals surface area contributed by atoms with Crippen molar-refractivity contribution in [3.8, 4) is 5.75 Å². The molecular weight excluding hydrogens is 364 g/mol. The van der Waals surface area contributed by atoms with E-state index in [0.717, 1.165) is 6.42 Å². The summed E-state index contributed by atoms with van der Waals surface area (Å²) < 4.78 is 5.65. The lowest BCUT2D eigenvalue weighted by molar-refractivity contribution is -0.385. The molecule has 1 saturated heterocycles. The molecule has 2 amide bonds. The van der Waals surface area contributed by atoms with Crippen LogP contribution in [-0.4, -0.2) is 29.1 Å². The summed E-state index contributed by atoms with van der Waals surface area (Å²) in [5.41, 5.74) is -0.100. The highest BCUT2D eigenvalue weighted by Gasteiger charge is 2.28. The van der Waals surface area contributed by atoms with Crippen molar-refractivity contribution < 1.29 is 24.0 Å². The van der Waals surface area contributed by atoms with Crippen LogP contribution in [0.5, 0.6) is 5.75 Å². The van der Waals surface area contributed by atoms with Gasteiger partial charge in [-0.2, -0.15) is 0 Å². The third-order valence-electron chi connectivity index (χ3n) is 5.12. The minimum absolute atomic E-state index is 0.164. The summed E-state index contributed by atoms with van der Waals surface area (Å²) in [5.74, 6) is -1.28. The smallest absolute Gasteiger partial charge is 0.311 e. The van der Waals surface area contributed by atoms with Crippen molar-refractivity contribution in [3.05, 3.63) is 39.4 Å². The Morgan fingerprint density at radius 3 is 2.61 bits per heavy atom. The van der Waals surface area contributed by atoms with Gasteiger partial charge in [0.25, 0.3) is 5.91 Å². The van der Waals surface area contributed by atoms with Crippen LogP contribution in [0.2, 0.25) is 0 Å². The number of amides is 2. The van der Waals surface area contributed by atoms with E-state index in [2.05, 4.69) is 5.32 Å². The van der Waals surface area contributed by atoms with Crippen LogP contribution in [0.4, 0.5) is 5.69 Å². The number of nitro benzene ring substituents is 1. The molecule has 28 heavy (non-hydrogen) atoms. The van der Waals surface area contributed by atoms with Crippen LogP contribution >= 0.6 is 0 Å². The number of hydrogen-bond donors (Lipinski definition) is 1. The number of benzene rings is 1. The van der Waals surface area contributed by atoms with Crippen LogP contribution in [-0.2, 0) is 14.4 Å². The molecule has 1 aliphatic heterocycles. The van der Waals surface area contributed by atoms with Gasteiger partial charge in [0, 0.05) is 6.07 Å². The largest absolute Gasteiger partial charge is 0.487 e. The first-order valence-corrected chi connectivity index (χ1v) is 9.44. The molecule has 0 bridgehead atoms. The lowest BCUT2D eigenvalue weighted by Gasteiger charge is -2.21. The number of rotatable bonds is 6. The minimum Gasteiger partial charge on any atom is -0.487 e. The molecule has 2 fully saturated rings. The minimum atomic E-state index is -0.795. The van der Waals surface area contributed by atoms with Crippen LogP contribution in [0, 0.1) is 16.0 Å². The molecule has 0 aromatic heterocycles. The highest BCUT2D eigenvalue weighted by molar-refractivity contribution is 6.32. The Morgan fingerprint density at radius 1 is 1.18 bits per heavy atom. The van der Waals surface area contributed by atoms with Gasteiger partial charge >= 0.3 is 5.69 Å². The molecule has 148 valence electrons. The number of ketones is 1. The lowest BCUT2D eigenvalue weighted by atomic mass is 9.87. The summed E-state index contributed by atoms with van der Waals surface area (Å²) in [6, 6.07) is 4.29. The number of hydrogen-bond acceptors (Lipinski definition) is 6. The lowest BCUT2D eigenvalue weighted by Crippen LogP contribution is -2.40. The summed E-state index contributed by atoms with van der Waals surface area (Å²) >= 11 is 0. The highest BCUT2D eigenvalue weighted by Crippen LogP contribution is 2.31. The van der Waals surface area contributed by atoms with Gasteiger partial charge in [0.05, 0.1) is 23.5 Å². The van der Waals surface area contributed by atoms with Crippen molar-refractivity contribution in [2.45, 2.75) is 44.9 Å². The average Bonchev–Trinajstić information content (AvgIpc) is 2.66. The second-order valence-electron chi connectivity index (χ2n) is 7.16. The molecule has 1 aliphatic carbocycles. The SMILES string of the molecule is O=C1CC(=O)/C(=C\c2ccc(OCCC3CCCCC3)c([N+](=O)[O-])c2)C(=O)N1. The van der Waals surface area contributed by atoms with Crippen molar-refractivity contribution in [3.63, 3.8) is 0 Å². The van der Waals surface area contributed by atoms with E-state index in [1.54, 1.807) is 6.07 Å². The summed E-state index contributed by atoms with van der Waals surface area (Å²) in [7, 11) is 0. The molecule has 3 rings (SSSR count). The molecule has 2 aliphatic rings. The Balaban J connectivity index is 1.72. The Morgan fingerprint density at radius 2 is 1.93 bits per heavy atom. The molecular formula is C20H22N2O6. The maximum atomic E-state index is 11.9. The average molecular weight is 386 g/mol. The molecule has 0 unspecified atom stereocenters. The van der Waals surface area contributed by atoms with Crippen molar-refractivity contribution in [2.75, 3.05) is 6.61 Å². The van der Waals surface area contributed by atoms with Crippen LogP contribution in [0.1, 0.15) is 50.5 Å². The first-order valence-electron chi connectivity index (χ1n) is 9.44. The van der Waals surface area contributed by atoms with Gasteiger partial charge in [-0.1, -0.05) is 38.2 Å². The standard InChI is InChI=1S/C20H22N2O6/c23-17-12-19(24)21-20(25)15(17)10-14-6-7-18(16(11-14)22(26)27)28-9-8-13-4-2-1-3-5-13/h6-7,10-11,13H,1-5,8-9,12H2,(H,21,24,25)/b15-10+. The topological polar surface area (TPSA) is 116 Å². The molecule has 8 nitrogen and oxygen atoms in total. The Labute approximate surface area is 162 Å². The van der Waals surface area contributed by atoms with Gasteiger partial charge in [-0.05, 0) is 30.0 Å². The first kappa shape index (κ1) is 19.7. The summed E-state index contributed by atoms with van der Waals surface area (Å²) in [6.45, 7) is 0.412. The quantitative estimate of drug-likeness (QED) is 0.201. The fourth-order valence-electron chi connectivity index (χ4n) is 3.62. The molecule has 1 heterocycles. The number of nitro groups is 1. The van der Waals surface area contributed by atoms with Crippen molar-refractivity contribution >= 4 is 29.4 Å². The molecule has 1 N–H and O–H groups in total. The molecule has 8 heteroatoms. The fraction of sp³-hybridized carbons (Fsp3) is 0.450. The van der Waals surface area contributed by atoms with Crippen molar-refractivity contribution in [2.24, 2.45) is 5.92 Å². The predicted molar refractivity (Wildman–Crippen MR) is 101 cm³/mol. The molecule has 1 aromatic carbocycles. The van der Waals surface area contributed by atoms with Gasteiger partial charge in [0.15, 0.2) is 11.5 Å². The van der Waals surface area contributed by atoms with Crippen LogP contribution in [0.15, 0.2) is 23.8 Å². The van der Waals surface area contributed by atoms with Gasteiger partial charge in [0.2, 0.25) is 5.91 Å². The maximum absolute atomic E-state index is 11.9. The fourth-order valence-corrected chi connectivity index (χ4v) is 3.62. The van der Waals surface area contributed by atoms with Crippen LogP contribution in [0.25, 0.3) is 6.08 Å². The summed E-state index contributed by atoms with van der Waals surface area (Å²) in [5, 5.41) is 13.5. The van der Waals surface area contributed by atoms with E-state index in [4.69, 9.17) is 4.74 Å². The molecule has 0 radical (unpaired) electrons. The molecule has 1 saturated carbocycles. The van der Waals surface area contributed by atoms with E-state index in [-0.39, 0.29) is 17.0 Å². The zero-order valence-electron chi connectivity index (χ0n) is 15.4. The van der Waals surface area contributed by atoms with E-state index in [9.17, 15) is 24.5 Å². The third-order valence-corrected chi connectivity index (χ3v) is 5.12. The number of ether oxygens (including phenoxy) is 1. The number of piperidine rings is 1. The monoisotopic (exact) mass is 386 g/mol. The number of carbonyl (C=O) groups excluding carboxylic acids is 3. The number of nitrogens with one attached hydrogen (secondary N) is 1. The van der Waals surface area contributed by atoms with Gasteiger partial charge in [0.1, 0.15) is 0 Å². The van der Waals surface area contributed by atoms with E-state index in [0.29, 0.717) is 18.1 Å². The zero-order valence-corrected chi connectivity index (χ0v) is 15.4. The molecule has 0 spiro atoms. The summed E-state index contributed by atoms with van der Waals surface area (Å²) in [4.78, 5) is 45.8. The Hall–Kier alpha value is -3.03. The Bertz CT molecular complexity index is 817. The van der Waals surface area contributed by atoms with Crippen LogP contribution < -0.4 is 10.1 Å². The van der Waals surface area contributed by atoms with Gasteiger partial charge < -0.3 is 4.74 Å². The maximum Gasteiger partial charge on any atom is 0.311 e. The third kappa shape index (κ3) is 4.82. The highest BCUT2D eigenvalue weighted by atomic mass is 16.6. The zero-order chi connectivity index (χ0) is 20.1. The predicted octanol–water partition coefficient (Wildman–Crippen LogP) is 2.94. The molecule has 0 atom stereocenters.